The molecule has 11 rings (SSSR count). The zero-order chi connectivity index (χ0) is 40.5. The maximum absolute atomic E-state index is 13.2. The summed E-state index contributed by atoms with van der Waals surface area (Å²) in [5.41, 5.74) is 11.3. The molecule has 5 aromatic rings. The summed E-state index contributed by atoms with van der Waals surface area (Å²) in [7, 11) is 0. The number of aromatic amines is 2. The van der Waals surface area contributed by atoms with Crippen LogP contribution in [0.4, 0.5) is 9.59 Å². The van der Waals surface area contributed by atoms with E-state index in [-0.39, 0.29) is 36.4 Å². The van der Waals surface area contributed by atoms with Gasteiger partial charge in [-0.1, -0.05) is 60.7 Å². The number of rotatable bonds is 6. The Bertz CT molecular complexity index is 2300. The van der Waals surface area contributed by atoms with Crippen molar-refractivity contribution in [3.05, 3.63) is 95.8 Å². The molecule has 4 aliphatic carbocycles. The number of aromatic nitrogens is 4. The average molecular weight is 791 g/mol. The van der Waals surface area contributed by atoms with Gasteiger partial charge in [-0.3, -0.25) is 9.80 Å². The number of hydrogen-bond acceptors (Lipinski definition) is 6. The highest BCUT2D eigenvalue weighted by Crippen LogP contribution is 2.59. The molecular weight excluding hydrogens is 737 g/mol. The number of H-pyrrole nitrogens is 2. The van der Waals surface area contributed by atoms with Crippen LogP contribution in [-0.4, -0.2) is 65.2 Å². The van der Waals surface area contributed by atoms with E-state index in [0.29, 0.717) is 23.7 Å². The minimum Gasteiger partial charge on any atom is -0.444 e. The zero-order valence-electron chi connectivity index (χ0n) is 34.9. The number of nitrogens with one attached hydrogen (secondary N) is 2. The number of imidazole rings is 2. The Hall–Kier alpha value is -5.38. The molecule has 2 N–H and O–H groups in total. The zero-order valence-corrected chi connectivity index (χ0v) is 34.9. The molecule has 0 radical (unpaired) electrons. The molecule has 10 heteroatoms. The number of carbonyl (C=O) groups is 2. The Morgan fingerprint density at radius 3 is 1.34 bits per heavy atom. The minimum atomic E-state index is -0.533. The van der Waals surface area contributed by atoms with Gasteiger partial charge in [0.2, 0.25) is 0 Å². The number of hydrogen-bond donors (Lipinski definition) is 2. The first-order valence-electron chi connectivity index (χ1n) is 21.8. The van der Waals surface area contributed by atoms with Crippen molar-refractivity contribution in [1.82, 2.24) is 29.7 Å². The van der Waals surface area contributed by atoms with Crippen molar-refractivity contribution in [2.24, 2.45) is 11.8 Å². The topological polar surface area (TPSA) is 116 Å². The van der Waals surface area contributed by atoms with Crippen molar-refractivity contribution in [2.45, 2.75) is 134 Å². The highest BCUT2D eigenvalue weighted by molar-refractivity contribution is 5.82. The monoisotopic (exact) mass is 790 g/mol. The number of likely N-dealkylation sites (tertiary alicyclic amines) is 2. The third-order valence-electron chi connectivity index (χ3n) is 13.8. The standard InChI is InChI=1S/C49H54N6O4/c1-48(2,3)58-46(56)54-38-20-32(38)22-40(54)44-50-24-36(52-44)28-11-7-26(8-12-28)34-17-18-35(43-31-16-15-30(19-31)42(34)43)27-9-13-29(14-10-27)37-25-51-45(53-37)41-23-33-21-39(33)55(41)47(57)59-49(4,5)6/h7-14,17-18,24-25,30-33,38-41H,15-16,19-23H2,1-6H3,(H,50,52)(H,51,53)/t30?,31?,32?,33?,38?,39?,40-,41?/m0/s1. The van der Waals surface area contributed by atoms with Crippen LogP contribution in [0.3, 0.4) is 0 Å². The molecule has 6 aliphatic rings. The number of fused-ring (bicyclic) bond motifs is 7. The van der Waals surface area contributed by atoms with Crippen LogP contribution in [0.5, 0.6) is 0 Å². The van der Waals surface area contributed by atoms with Crippen LogP contribution in [-0.2, 0) is 9.47 Å². The van der Waals surface area contributed by atoms with Gasteiger partial charge in [-0.15, -0.1) is 0 Å². The van der Waals surface area contributed by atoms with E-state index >= 15 is 0 Å². The van der Waals surface area contributed by atoms with Crippen molar-refractivity contribution in [2.75, 3.05) is 0 Å². The van der Waals surface area contributed by atoms with Gasteiger partial charge in [-0.05, 0) is 155 Å². The van der Waals surface area contributed by atoms with Crippen LogP contribution in [0.2, 0.25) is 0 Å². The largest absolute Gasteiger partial charge is 0.444 e. The van der Waals surface area contributed by atoms with Crippen LogP contribution < -0.4 is 0 Å². The second-order valence-corrected chi connectivity index (χ2v) is 20.1. The van der Waals surface area contributed by atoms with Gasteiger partial charge < -0.3 is 19.4 Å². The molecule has 2 aliphatic heterocycles. The van der Waals surface area contributed by atoms with Crippen LogP contribution in [0.25, 0.3) is 44.8 Å². The molecule has 5 fully saturated rings. The smallest absolute Gasteiger partial charge is 0.411 e. The lowest BCUT2D eigenvalue weighted by molar-refractivity contribution is 0.0164. The van der Waals surface area contributed by atoms with Crippen molar-refractivity contribution < 1.29 is 19.1 Å². The van der Waals surface area contributed by atoms with Gasteiger partial charge in [0, 0.05) is 12.1 Å². The maximum atomic E-state index is 13.2. The average Bonchev–Trinajstić information content (AvgIpc) is 3.68. The predicted molar refractivity (Wildman–Crippen MR) is 226 cm³/mol. The Balaban J connectivity index is 0.820. The lowest BCUT2D eigenvalue weighted by Gasteiger charge is -2.29. The first-order valence-corrected chi connectivity index (χ1v) is 21.8. The lowest BCUT2D eigenvalue weighted by Crippen LogP contribution is -2.38. The number of ether oxygens (including phenoxy) is 2. The Morgan fingerprint density at radius 2 is 0.949 bits per heavy atom. The molecular formula is C49H54N6O4. The normalized spacial score (nSPS) is 27.4. The van der Waals surface area contributed by atoms with Crippen molar-refractivity contribution >= 4 is 12.2 Å². The van der Waals surface area contributed by atoms with Crippen LogP contribution in [0.1, 0.15) is 133 Å². The van der Waals surface area contributed by atoms with Gasteiger partial charge in [0.25, 0.3) is 0 Å². The summed E-state index contributed by atoms with van der Waals surface area (Å²) in [5.74, 6) is 3.92. The van der Waals surface area contributed by atoms with Gasteiger partial charge in [0.05, 0.1) is 35.9 Å². The number of nitrogens with zero attached hydrogens (tertiary/aromatic N) is 4. The summed E-state index contributed by atoms with van der Waals surface area (Å²) in [6.45, 7) is 11.5. The van der Waals surface area contributed by atoms with Crippen LogP contribution in [0.15, 0.2) is 73.1 Å². The first kappa shape index (κ1) is 36.7. The molecule has 8 atom stereocenters. The Kier molecular flexibility index (Phi) is 8.12. The highest BCUT2D eigenvalue weighted by Gasteiger charge is 2.57. The Labute approximate surface area is 346 Å². The van der Waals surface area contributed by atoms with E-state index in [1.165, 1.54) is 52.6 Å². The summed E-state index contributed by atoms with van der Waals surface area (Å²) < 4.78 is 11.6. The second kappa shape index (κ2) is 13.1. The second-order valence-electron chi connectivity index (χ2n) is 20.1. The lowest BCUT2D eigenvalue weighted by atomic mass is 9.81. The van der Waals surface area contributed by atoms with Crippen molar-refractivity contribution in [1.29, 1.82) is 0 Å². The number of carbonyl (C=O) groups excluding carboxylic acids is 2. The molecule has 0 spiro atoms. The van der Waals surface area contributed by atoms with E-state index in [9.17, 15) is 9.59 Å². The van der Waals surface area contributed by atoms with Gasteiger partial charge in [0.15, 0.2) is 0 Å². The first-order chi connectivity index (χ1) is 28.3. The maximum Gasteiger partial charge on any atom is 0.411 e. The van der Waals surface area contributed by atoms with E-state index < -0.39 is 11.2 Å². The number of piperidine rings is 2. The van der Waals surface area contributed by atoms with Gasteiger partial charge in [0.1, 0.15) is 22.9 Å². The van der Waals surface area contributed by atoms with Gasteiger partial charge in [-0.2, -0.15) is 0 Å². The molecule has 3 aromatic carbocycles. The fourth-order valence-electron chi connectivity index (χ4n) is 11.0. The molecule has 2 amide bonds. The molecule has 2 bridgehead atoms. The molecule has 7 unspecified atom stereocenters. The SMILES string of the molecule is CC(C)(C)OC(=O)N1C(c2ncc(-c3ccc(-c4ccc(-c5ccc(-c6cnc([C@@H]7CC8CC8N7C(=O)OC(C)(C)C)[nH]6)cc5)c5c4C4CCC5C4)cc3)[nH]2)CC2CC21. The van der Waals surface area contributed by atoms with E-state index in [4.69, 9.17) is 19.4 Å². The molecule has 10 nitrogen and oxygen atoms in total. The predicted octanol–water partition coefficient (Wildman–Crippen LogP) is 11.3. The number of benzene rings is 3. The summed E-state index contributed by atoms with van der Waals surface area (Å²) in [6.07, 6.45) is 11.0. The molecule has 2 aromatic heterocycles. The van der Waals surface area contributed by atoms with Crippen molar-refractivity contribution in [3.63, 3.8) is 0 Å². The third kappa shape index (κ3) is 6.45. The van der Waals surface area contributed by atoms with E-state index in [2.05, 4.69) is 70.6 Å². The van der Waals surface area contributed by atoms with E-state index in [1.54, 1.807) is 0 Å². The summed E-state index contributed by atoms with van der Waals surface area (Å²) in [5, 5.41) is 0. The van der Waals surface area contributed by atoms with E-state index in [0.717, 1.165) is 59.8 Å². The summed E-state index contributed by atoms with van der Waals surface area (Å²) >= 11 is 0. The molecule has 304 valence electrons. The quantitative estimate of drug-likeness (QED) is 0.177. The van der Waals surface area contributed by atoms with Crippen molar-refractivity contribution in [3.8, 4) is 44.8 Å². The van der Waals surface area contributed by atoms with Crippen LogP contribution in [0, 0.1) is 11.8 Å². The molecule has 2 saturated heterocycles. The molecule has 59 heavy (non-hydrogen) atoms. The fourth-order valence-corrected chi connectivity index (χ4v) is 11.0. The fraction of sp³-hybridized carbons (Fsp3) is 0.469. The van der Waals surface area contributed by atoms with Crippen LogP contribution >= 0.6 is 0 Å². The molecule has 3 saturated carbocycles. The summed E-state index contributed by atoms with van der Waals surface area (Å²) in [6, 6.07) is 22.8. The molecule has 4 heterocycles. The van der Waals surface area contributed by atoms with Gasteiger partial charge >= 0.3 is 12.2 Å². The number of amides is 2. The highest BCUT2D eigenvalue weighted by atomic mass is 16.6. The third-order valence-corrected chi connectivity index (χ3v) is 13.8. The van der Waals surface area contributed by atoms with Gasteiger partial charge in [-0.25, -0.2) is 19.6 Å². The summed E-state index contributed by atoms with van der Waals surface area (Å²) in [4.78, 5) is 46.9. The minimum absolute atomic E-state index is 0.0848. The Morgan fingerprint density at radius 1 is 0.559 bits per heavy atom. The van der Waals surface area contributed by atoms with E-state index in [1.807, 2.05) is 63.7 Å².